The average molecular weight is 377 g/mol. The number of halogens is 2. The van der Waals surface area contributed by atoms with Gasteiger partial charge in [0.25, 0.3) is 0 Å². The van der Waals surface area contributed by atoms with Crippen LogP contribution in [-0.4, -0.2) is 42.2 Å². The second kappa shape index (κ2) is 8.01. The zero-order valence-corrected chi connectivity index (χ0v) is 14.1. The number of likely N-dealkylation sites (tertiary alicyclic amines) is 1. The Hall–Kier alpha value is -0.780. The minimum atomic E-state index is -0.705. The summed E-state index contributed by atoms with van der Waals surface area (Å²) in [6.45, 7) is 3.25. The molecule has 21 heavy (non-hydrogen) atoms. The summed E-state index contributed by atoms with van der Waals surface area (Å²) in [7, 11) is 0. The maximum absolute atomic E-state index is 10.8. The first kappa shape index (κ1) is 16.6. The van der Waals surface area contributed by atoms with Gasteiger partial charge in [0.1, 0.15) is 12.4 Å². The van der Waals surface area contributed by atoms with Crippen LogP contribution in [0.5, 0.6) is 5.75 Å². The molecule has 1 aliphatic rings. The first-order chi connectivity index (χ1) is 10.0. The third-order valence-corrected chi connectivity index (χ3v) is 4.48. The molecular weight excluding hydrogens is 358 g/mol. The van der Waals surface area contributed by atoms with Gasteiger partial charge in [-0.1, -0.05) is 11.6 Å². The standard InChI is InChI=1S/C15H19BrClNO3/c16-13-9-12(17)3-4-14(13)21-7-6-18-5-1-2-11(10-18)8-15(19)20/h3-4,9,11H,1-2,5-8,10H2,(H,19,20). The zero-order chi connectivity index (χ0) is 15.2. The summed E-state index contributed by atoms with van der Waals surface area (Å²) in [5.74, 6) is 0.334. The lowest BCUT2D eigenvalue weighted by Gasteiger charge is -2.31. The van der Waals surface area contributed by atoms with Gasteiger partial charge < -0.3 is 9.84 Å². The number of benzene rings is 1. The number of carboxylic acids is 1. The van der Waals surface area contributed by atoms with Crippen LogP contribution >= 0.6 is 27.5 Å². The molecule has 2 rings (SSSR count). The maximum atomic E-state index is 10.8. The summed E-state index contributed by atoms with van der Waals surface area (Å²) in [5, 5.41) is 9.54. The monoisotopic (exact) mass is 375 g/mol. The van der Waals surface area contributed by atoms with E-state index in [1.54, 1.807) is 12.1 Å². The van der Waals surface area contributed by atoms with Gasteiger partial charge in [-0.05, 0) is 59.4 Å². The minimum absolute atomic E-state index is 0.263. The highest BCUT2D eigenvalue weighted by molar-refractivity contribution is 9.10. The van der Waals surface area contributed by atoms with E-state index in [1.165, 1.54) is 0 Å². The molecule has 1 aromatic rings. The van der Waals surface area contributed by atoms with Gasteiger partial charge in [-0.3, -0.25) is 9.69 Å². The lowest BCUT2D eigenvalue weighted by atomic mass is 9.95. The number of hydrogen-bond donors (Lipinski definition) is 1. The summed E-state index contributed by atoms with van der Waals surface area (Å²) in [5.41, 5.74) is 0. The second-order valence-corrected chi connectivity index (χ2v) is 6.62. The summed E-state index contributed by atoms with van der Waals surface area (Å²) in [4.78, 5) is 13.1. The van der Waals surface area contributed by atoms with Crippen molar-refractivity contribution in [1.82, 2.24) is 4.90 Å². The minimum Gasteiger partial charge on any atom is -0.491 e. The lowest BCUT2D eigenvalue weighted by molar-refractivity contribution is -0.138. The van der Waals surface area contributed by atoms with Gasteiger partial charge in [0.2, 0.25) is 0 Å². The van der Waals surface area contributed by atoms with Crippen LogP contribution in [0.15, 0.2) is 22.7 Å². The van der Waals surface area contributed by atoms with E-state index in [4.69, 9.17) is 21.4 Å². The number of piperidine rings is 1. The zero-order valence-electron chi connectivity index (χ0n) is 11.7. The molecule has 1 atom stereocenters. The van der Waals surface area contributed by atoms with E-state index in [2.05, 4.69) is 20.8 Å². The number of ether oxygens (including phenoxy) is 1. The van der Waals surface area contributed by atoms with Gasteiger partial charge in [0.05, 0.1) is 4.47 Å². The van der Waals surface area contributed by atoms with Crippen LogP contribution in [0.4, 0.5) is 0 Å². The van der Waals surface area contributed by atoms with Crippen LogP contribution in [0, 0.1) is 5.92 Å². The first-order valence-corrected chi connectivity index (χ1v) is 8.23. The fraction of sp³-hybridized carbons (Fsp3) is 0.533. The molecule has 1 aromatic carbocycles. The van der Waals surface area contributed by atoms with Crippen LogP contribution in [0.3, 0.4) is 0 Å². The van der Waals surface area contributed by atoms with Crippen molar-refractivity contribution in [1.29, 1.82) is 0 Å². The smallest absolute Gasteiger partial charge is 0.303 e. The molecule has 0 aliphatic carbocycles. The quantitative estimate of drug-likeness (QED) is 0.823. The number of rotatable bonds is 6. The molecule has 1 unspecified atom stereocenters. The third kappa shape index (κ3) is 5.49. The van der Waals surface area contributed by atoms with Gasteiger partial charge in [0.15, 0.2) is 0 Å². The normalized spacial score (nSPS) is 19.4. The Balaban J connectivity index is 1.76. The summed E-state index contributed by atoms with van der Waals surface area (Å²) in [6, 6.07) is 5.45. The highest BCUT2D eigenvalue weighted by atomic mass is 79.9. The van der Waals surface area contributed by atoms with Crippen LogP contribution in [-0.2, 0) is 4.79 Å². The lowest BCUT2D eigenvalue weighted by Crippen LogP contribution is -2.38. The van der Waals surface area contributed by atoms with E-state index in [-0.39, 0.29) is 12.3 Å². The van der Waals surface area contributed by atoms with Gasteiger partial charge in [-0.15, -0.1) is 0 Å². The van der Waals surface area contributed by atoms with Crippen molar-refractivity contribution < 1.29 is 14.6 Å². The molecule has 1 saturated heterocycles. The van der Waals surface area contributed by atoms with Crippen molar-refractivity contribution in [2.75, 3.05) is 26.2 Å². The fourth-order valence-corrected chi connectivity index (χ4v) is 3.44. The van der Waals surface area contributed by atoms with Gasteiger partial charge in [0, 0.05) is 24.5 Å². The van der Waals surface area contributed by atoms with Crippen molar-refractivity contribution in [2.24, 2.45) is 5.92 Å². The molecule has 0 bridgehead atoms. The Morgan fingerprint density at radius 1 is 1.52 bits per heavy atom. The molecule has 0 amide bonds. The van der Waals surface area contributed by atoms with Gasteiger partial charge in [-0.25, -0.2) is 0 Å². The van der Waals surface area contributed by atoms with Crippen molar-refractivity contribution in [3.8, 4) is 5.75 Å². The van der Waals surface area contributed by atoms with Crippen LogP contribution in [0.1, 0.15) is 19.3 Å². The molecule has 116 valence electrons. The molecule has 1 fully saturated rings. The molecule has 4 nitrogen and oxygen atoms in total. The molecule has 1 N–H and O–H groups in total. The van der Waals surface area contributed by atoms with Crippen LogP contribution in [0.25, 0.3) is 0 Å². The fourth-order valence-electron chi connectivity index (χ4n) is 2.64. The highest BCUT2D eigenvalue weighted by Gasteiger charge is 2.21. The highest BCUT2D eigenvalue weighted by Crippen LogP contribution is 2.28. The van der Waals surface area contributed by atoms with E-state index in [1.807, 2.05) is 6.07 Å². The Labute approximate surface area is 138 Å². The molecule has 0 spiro atoms. The van der Waals surface area contributed by atoms with E-state index < -0.39 is 5.97 Å². The summed E-state index contributed by atoms with van der Waals surface area (Å²) < 4.78 is 6.59. The van der Waals surface area contributed by atoms with Crippen LogP contribution in [0.2, 0.25) is 5.02 Å². The van der Waals surface area contributed by atoms with Crippen molar-refractivity contribution in [3.05, 3.63) is 27.7 Å². The maximum Gasteiger partial charge on any atom is 0.303 e. The topological polar surface area (TPSA) is 49.8 Å². The van der Waals surface area contributed by atoms with Gasteiger partial charge in [-0.2, -0.15) is 0 Å². The first-order valence-electron chi connectivity index (χ1n) is 7.06. The third-order valence-electron chi connectivity index (χ3n) is 3.63. The molecule has 6 heteroatoms. The van der Waals surface area contributed by atoms with Crippen LogP contribution < -0.4 is 4.74 Å². The molecular formula is C15H19BrClNO3. The van der Waals surface area contributed by atoms with Crippen molar-refractivity contribution in [3.63, 3.8) is 0 Å². The molecule has 0 radical (unpaired) electrons. The van der Waals surface area contributed by atoms with Crippen molar-refractivity contribution >= 4 is 33.5 Å². The number of hydrogen-bond acceptors (Lipinski definition) is 3. The van der Waals surface area contributed by atoms with Gasteiger partial charge >= 0.3 is 5.97 Å². The Bertz CT molecular complexity index is 498. The average Bonchev–Trinajstić information content (AvgIpc) is 2.41. The number of carbonyl (C=O) groups is 1. The summed E-state index contributed by atoms with van der Waals surface area (Å²) in [6.07, 6.45) is 2.33. The number of carboxylic acid groups (broad SMARTS) is 1. The Morgan fingerprint density at radius 3 is 3.05 bits per heavy atom. The van der Waals surface area contributed by atoms with E-state index in [9.17, 15) is 4.79 Å². The van der Waals surface area contributed by atoms with Crippen molar-refractivity contribution in [2.45, 2.75) is 19.3 Å². The van der Waals surface area contributed by atoms with E-state index >= 15 is 0 Å². The predicted molar refractivity (Wildman–Crippen MR) is 86.1 cm³/mol. The Kier molecular flexibility index (Phi) is 6.33. The largest absolute Gasteiger partial charge is 0.491 e. The summed E-state index contributed by atoms with van der Waals surface area (Å²) >= 11 is 9.31. The molecule has 1 aliphatic heterocycles. The number of aliphatic carboxylic acids is 1. The predicted octanol–water partition coefficient (Wildman–Crippen LogP) is 3.67. The number of nitrogens with zero attached hydrogens (tertiary/aromatic N) is 1. The van der Waals surface area contributed by atoms with E-state index in [0.29, 0.717) is 11.6 Å². The SMILES string of the molecule is O=C(O)CC1CCCN(CCOc2ccc(Cl)cc2Br)C1. The molecule has 0 aromatic heterocycles. The second-order valence-electron chi connectivity index (χ2n) is 5.33. The molecule has 1 heterocycles. The Morgan fingerprint density at radius 2 is 2.33 bits per heavy atom. The van der Waals surface area contributed by atoms with E-state index in [0.717, 1.165) is 42.7 Å². The molecule has 0 saturated carbocycles.